The number of para-hydroxylation sites is 2. The van der Waals surface area contributed by atoms with Gasteiger partial charge in [0, 0.05) is 42.1 Å². The van der Waals surface area contributed by atoms with E-state index in [9.17, 15) is 0 Å². The van der Waals surface area contributed by atoms with E-state index >= 15 is 0 Å². The fraction of sp³-hybridized carbons (Fsp3) is 0.0789. The molecule has 0 amide bonds. The molecule has 6 nitrogen and oxygen atoms in total. The number of rotatable bonds is 3. The molecule has 0 unspecified atom stereocenters. The van der Waals surface area contributed by atoms with Crippen molar-refractivity contribution in [1.82, 2.24) is 19.5 Å². The van der Waals surface area contributed by atoms with Crippen LogP contribution in [0.15, 0.2) is 128 Å². The minimum absolute atomic E-state index is 0. The maximum absolute atomic E-state index is 5.41. The standard InChI is InChI=1S/C38H28N6.Rh/c1-42-24-22-29-27(11-6-15-33(29)42)31-21-20-26-19-18-25-9-2-4-13-32(25)43(37(26)40-31)35-16-7-17-36(41-35)44-34-14-5-3-10-28(34)30-12-8-23-39-38(30)44;/h2-17,20-24H,18-19H2,1H3;. The first-order valence-electron chi connectivity index (χ1n) is 15.0. The molecule has 0 aliphatic carbocycles. The first-order chi connectivity index (χ1) is 21.7. The zero-order valence-corrected chi connectivity index (χ0v) is 26.2. The van der Waals surface area contributed by atoms with E-state index in [-0.39, 0.29) is 19.5 Å². The van der Waals surface area contributed by atoms with Crippen molar-refractivity contribution in [2.24, 2.45) is 7.05 Å². The summed E-state index contributed by atoms with van der Waals surface area (Å²) >= 11 is 0. The fourth-order valence-corrected chi connectivity index (χ4v) is 6.79. The van der Waals surface area contributed by atoms with Crippen LogP contribution in [0.3, 0.4) is 0 Å². The molecule has 0 spiro atoms. The normalized spacial score (nSPS) is 12.6. The molecule has 0 N–H and O–H groups in total. The van der Waals surface area contributed by atoms with Crippen molar-refractivity contribution in [2.75, 3.05) is 4.90 Å². The van der Waals surface area contributed by atoms with Gasteiger partial charge in [0.25, 0.3) is 0 Å². The Morgan fingerprint density at radius 3 is 2.47 bits per heavy atom. The zero-order chi connectivity index (χ0) is 29.2. The first kappa shape index (κ1) is 27.4. The van der Waals surface area contributed by atoms with Crippen LogP contribution in [0.5, 0.6) is 0 Å². The summed E-state index contributed by atoms with van der Waals surface area (Å²) in [5.41, 5.74) is 8.84. The Bertz CT molecular complexity index is 2330. The largest absolute Gasteiger partial charge is 0.278 e. The van der Waals surface area contributed by atoms with E-state index in [2.05, 4.69) is 136 Å². The molecule has 219 valence electrons. The number of aryl methyl sites for hydroxylation is 3. The molecule has 1 radical (unpaired) electrons. The Labute approximate surface area is 273 Å². The quantitative estimate of drug-likeness (QED) is 0.109. The van der Waals surface area contributed by atoms with Gasteiger partial charge in [0.05, 0.1) is 11.2 Å². The summed E-state index contributed by atoms with van der Waals surface area (Å²) in [4.78, 5) is 17.8. The van der Waals surface area contributed by atoms with E-state index in [4.69, 9.17) is 15.0 Å². The molecule has 0 fully saturated rings. The molecule has 1 aliphatic heterocycles. The van der Waals surface area contributed by atoms with Crippen LogP contribution in [0.4, 0.5) is 17.3 Å². The zero-order valence-electron chi connectivity index (χ0n) is 24.6. The maximum atomic E-state index is 5.41. The number of nitrogens with zero attached hydrogens (tertiary/aromatic N) is 6. The van der Waals surface area contributed by atoms with Crippen LogP contribution in [-0.2, 0) is 39.4 Å². The maximum Gasteiger partial charge on any atom is 0.146 e. The summed E-state index contributed by atoms with van der Waals surface area (Å²) in [6, 6.07) is 40.5. The molecule has 0 atom stereocenters. The van der Waals surface area contributed by atoms with Gasteiger partial charge < -0.3 is 0 Å². The summed E-state index contributed by atoms with van der Waals surface area (Å²) in [6.45, 7) is 0. The average Bonchev–Trinajstić information content (AvgIpc) is 3.57. The Morgan fingerprint density at radius 1 is 0.711 bits per heavy atom. The van der Waals surface area contributed by atoms with Crippen LogP contribution in [0, 0.1) is 0 Å². The predicted molar refractivity (Wildman–Crippen MR) is 176 cm³/mol. The molecule has 8 aromatic rings. The van der Waals surface area contributed by atoms with Gasteiger partial charge in [-0.2, -0.15) is 0 Å². The molecule has 1 aliphatic rings. The van der Waals surface area contributed by atoms with E-state index in [1.165, 1.54) is 22.0 Å². The van der Waals surface area contributed by atoms with Gasteiger partial charge in [-0.25, -0.2) is 15.0 Å². The summed E-state index contributed by atoms with van der Waals surface area (Å²) in [6.07, 6.45) is 5.80. The van der Waals surface area contributed by atoms with Crippen LogP contribution in [-0.4, -0.2) is 19.5 Å². The molecule has 0 bridgehead atoms. The topological polar surface area (TPSA) is 50.7 Å². The molecular weight excluding hydrogens is 643 g/mol. The van der Waals surface area contributed by atoms with Gasteiger partial charge >= 0.3 is 0 Å². The minimum Gasteiger partial charge on any atom is -0.278 e. The van der Waals surface area contributed by atoms with Crippen LogP contribution in [0.2, 0.25) is 0 Å². The Hall–Kier alpha value is -5.13. The SMILES string of the molecule is C[n+]1c[cH-]c2c(-c3ccc4c(n3)N(c3cccc(-n5c6ccccc6c6cccnc65)n3)c3ccccc3CC4)cccc21.[Rh]. The fourth-order valence-electron chi connectivity index (χ4n) is 6.79. The van der Waals surface area contributed by atoms with Gasteiger partial charge in [0.2, 0.25) is 0 Å². The Morgan fingerprint density at radius 2 is 1.51 bits per heavy atom. The molecular formula is C38H28N6Rh. The van der Waals surface area contributed by atoms with Gasteiger partial charge in [0.1, 0.15) is 41.9 Å². The number of benzene rings is 3. The molecule has 9 rings (SSSR count). The number of aromatic nitrogens is 5. The molecule has 0 saturated heterocycles. The third-order valence-corrected chi connectivity index (χ3v) is 8.88. The van der Waals surface area contributed by atoms with Crippen molar-refractivity contribution in [3.8, 4) is 17.1 Å². The van der Waals surface area contributed by atoms with Crippen molar-refractivity contribution in [3.05, 3.63) is 139 Å². The third-order valence-electron chi connectivity index (χ3n) is 8.88. The first-order valence-corrected chi connectivity index (χ1v) is 15.0. The average molecular weight is 672 g/mol. The van der Waals surface area contributed by atoms with Crippen molar-refractivity contribution >= 4 is 50.2 Å². The number of pyridine rings is 3. The van der Waals surface area contributed by atoms with Crippen LogP contribution < -0.4 is 9.47 Å². The van der Waals surface area contributed by atoms with Crippen molar-refractivity contribution in [2.45, 2.75) is 12.8 Å². The van der Waals surface area contributed by atoms with Gasteiger partial charge in [0.15, 0.2) is 0 Å². The minimum atomic E-state index is 0. The monoisotopic (exact) mass is 671 g/mol. The summed E-state index contributed by atoms with van der Waals surface area (Å²) in [7, 11) is 2.08. The summed E-state index contributed by atoms with van der Waals surface area (Å²) < 4.78 is 4.32. The molecule has 7 heteroatoms. The number of fused-ring (bicyclic) bond motifs is 6. The van der Waals surface area contributed by atoms with Crippen LogP contribution in [0.25, 0.3) is 49.9 Å². The molecule has 45 heavy (non-hydrogen) atoms. The van der Waals surface area contributed by atoms with E-state index in [1.807, 2.05) is 12.3 Å². The van der Waals surface area contributed by atoms with Crippen LogP contribution >= 0.6 is 0 Å². The second-order valence-electron chi connectivity index (χ2n) is 11.4. The van der Waals surface area contributed by atoms with Gasteiger partial charge in [-0.1, -0.05) is 66.2 Å². The summed E-state index contributed by atoms with van der Waals surface area (Å²) in [5.74, 6) is 2.56. The van der Waals surface area contributed by atoms with E-state index in [1.54, 1.807) is 0 Å². The number of hydrogen-bond acceptors (Lipinski definition) is 4. The van der Waals surface area contributed by atoms with E-state index in [0.29, 0.717) is 0 Å². The van der Waals surface area contributed by atoms with Gasteiger partial charge in [-0.05, 0) is 72.5 Å². The smallest absolute Gasteiger partial charge is 0.146 e. The van der Waals surface area contributed by atoms with Crippen molar-refractivity contribution in [1.29, 1.82) is 0 Å². The molecule has 0 saturated carbocycles. The van der Waals surface area contributed by atoms with Gasteiger partial charge in [-0.15, -0.1) is 11.5 Å². The van der Waals surface area contributed by atoms with Crippen molar-refractivity contribution in [3.63, 3.8) is 0 Å². The van der Waals surface area contributed by atoms with E-state index in [0.717, 1.165) is 69.2 Å². The molecule has 3 aromatic carbocycles. The Kier molecular flexibility index (Phi) is 6.58. The molecule has 5 aromatic heterocycles. The second-order valence-corrected chi connectivity index (χ2v) is 11.4. The third kappa shape index (κ3) is 4.30. The molecule has 6 heterocycles. The van der Waals surface area contributed by atoms with Gasteiger partial charge in [-0.3, -0.25) is 14.0 Å². The van der Waals surface area contributed by atoms with Crippen molar-refractivity contribution < 1.29 is 24.0 Å². The van der Waals surface area contributed by atoms with E-state index < -0.39 is 0 Å². The van der Waals surface area contributed by atoms with Crippen LogP contribution in [0.1, 0.15) is 11.1 Å². The number of anilines is 3. The Balaban J connectivity index is 0.00000300. The second kappa shape index (κ2) is 10.8. The number of hydrogen-bond donors (Lipinski definition) is 0. The summed E-state index contributed by atoms with van der Waals surface area (Å²) in [5, 5.41) is 3.47. The predicted octanol–water partition coefficient (Wildman–Crippen LogP) is 7.90.